The molecule has 3 aromatic carbocycles. The number of nitrogens with one attached hydrogen (secondary N) is 3. The van der Waals surface area contributed by atoms with Gasteiger partial charge in [0.15, 0.2) is 18.3 Å². The van der Waals surface area contributed by atoms with Gasteiger partial charge in [-0.1, -0.05) is 46.3 Å². The molecule has 9 heteroatoms. The summed E-state index contributed by atoms with van der Waals surface area (Å²) in [6, 6.07) is 18.8. The van der Waals surface area contributed by atoms with Crippen molar-refractivity contribution in [1.29, 1.82) is 0 Å². The molecule has 0 spiro atoms. The van der Waals surface area contributed by atoms with Crippen LogP contribution in [-0.4, -0.2) is 30.1 Å². The number of rotatable bonds is 6. The number of halogens is 1. The van der Waals surface area contributed by atoms with Gasteiger partial charge in [0.2, 0.25) is 0 Å². The van der Waals surface area contributed by atoms with Crippen LogP contribution in [0.4, 0.5) is 0 Å². The third-order valence-corrected chi connectivity index (χ3v) is 5.25. The quantitative estimate of drug-likeness (QED) is 0.354. The van der Waals surface area contributed by atoms with Gasteiger partial charge in [-0.3, -0.25) is 25.8 Å². The fourth-order valence-corrected chi connectivity index (χ4v) is 3.03. The predicted octanol–water partition coefficient (Wildman–Crippen LogP) is 3.39. The number of ether oxygens (including phenoxy) is 2. The molecule has 31 heavy (non-hydrogen) atoms. The van der Waals surface area contributed by atoms with Crippen molar-refractivity contribution < 1.29 is 19.1 Å². The first-order valence-electron chi connectivity index (χ1n) is 9.30. The van der Waals surface area contributed by atoms with E-state index in [9.17, 15) is 9.59 Å². The summed E-state index contributed by atoms with van der Waals surface area (Å²) in [5, 5.41) is 4.46. The zero-order chi connectivity index (χ0) is 22.2. The maximum Gasteiger partial charge on any atom is 0.276 e. The second kappa shape index (κ2) is 10.7. The maximum absolute atomic E-state index is 11.9. The third kappa shape index (κ3) is 6.94. The lowest BCUT2D eigenvalue weighted by Crippen LogP contribution is -2.50. The number of hydrogen-bond acceptors (Lipinski definition) is 5. The lowest BCUT2D eigenvalue weighted by Gasteiger charge is -2.12. The van der Waals surface area contributed by atoms with Crippen LogP contribution in [0.15, 0.2) is 65.1 Å². The van der Waals surface area contributed by atoms with E-state index in [1.54, 1.807) is 12.1 Å². The Hall–Kier alpha value is -3.17. The average Bonchev–Trinajstić information content (AvgIpc) is 2.77. The molecule has 0 bridgehead atoms. The van der Waals surface area contributed by atoms with Gasteiger partial charge in [-0.05, 0) is 65.8 Å². The highest BCUT2D eigenvalue weighted by Gasteiger charge is 2.08. The molecule has 7 nitrogen and oxygen atoms in total. The Morgan fingerprint density at radius 2 is 1.52 bits per heavy atom. The number of aryl methyl sites for hydroxylation is 1. The molecule has 0 fully saturated rings. The van der Waals surface area contributed by atoms with Gasteiger partial charge in [0.1, 0.15) is 11.5 Å². The van der Waals surface area contributed by atoms with E-state index >= 15 is 0 Å². The van der Waals surface area contributed by atoms with Gasteiger partial charge in [0, 0.05) is 4.47 Å². The van der Waals surface area contributed by atoms with Crippen LogP contribution in [0, 0.1) is 6.92 Å². The molecule has 0 aliphatic heterocycles. The number of hydrogen-bond donors (Lipinski definition) is 3. The van der Waals surface area contributed by atoms with E-state index in [0.717, 1.165) is 20.8 Å². The molecule has 2 amide bonds. The summed E-state index contributed by atoms with van der Waals surface area (Å²) in [6.45, 7) is 1.48. The van der Waals surface area contributed by atoms with E-state index in [0.29, 0.717) is 11.5 Å². The standard InChI is InChI=1S/C22H20BrN3O4S/c1-14-10-17(8-9-19(14)23)29-12-20(27)24-22(31)26-25-21(28)13-30-18-7-6-15-4-2-3-5-16(15)11-18/h2-11H,12-13H2,1H3,(H,25,28)(H2,24,26,27,31). The van der Waals surface area contributed by atoms with Gasteiger partial charge in [-0.2, -0.15) is 0 Å². The van der Waals surface area contributed by atoms with Crippen LogP contribution in [0.5, 0.6) is 11.5 Å². The molecule has 0 aromatic heterocycles. The first-order chi connectivity index (χ1) is 14.9. The fraction of sp³-hybridized carbons (Fsp3) is 0.136. The highest BCUT2D eigenvalue weighted by Crippen LogP contribution is 2.21. The fourth-order valence-electron chi connectivity index (χ4n) is 2.62. The van der Waals surface area contributed by atoms with Gasteiger partial charge < -0.3 is 9.47 Å². The average molecular weight is 502 g/mol. The third-order valence-electron chi connectivity index (χ3n) is 4.16. The first-order valence-corrected chi connectivity index (χ1v) is 10.5. The van der Waals surface area contributed by atoms with Gasteiger partial charge >= 0.3 is 0 Å². The molecule has 3 rings (SSSR count). The van der Waals surface area contributed by atoms with Gasteiger partial charge in [-0.15, -0.1) is 0 Å². The Morgan fingerprint density at radius 3 is 2.26 bits per heavy atom. The molecule has 0 aliphatic rings. The van der Waals surface area contributed by atoms with Crippen LogP contribution in [0.3, 0.4) is 0 Å². The molecule has 0 saturated heterocycles. The predicted molar refractivity (Wildman–Crippen MR) is 126 cm³/mol. The molecule has 3 N–H and O–H groups in total. The summed E-state index contributed by atoms with van der Waals surface area (Å²) in [7, 11) is 0. The lowest BCUT2D eigenvalue weighted by molar-refractivity contribution is -0.124. The number of carbonyl (C=O) groups excluding carboxylic acids is 2. The Labute approximate surface area is 193 Å². The number of thiocarbonyl (C=S) groups is 1. The summed E-state index contributed by atoms with van der Waals surface area (Å²) in [4.78, 5) is 23.9. The zero-order valence-electron chi connectivity index (χ0n) is 16.6. The van der Waals surface area contributed by atoms with Crippen molar-refractivity contribution in [2.24, 2.45) is 0 Å². The first kappa shape index (κ1) is 22.5. The van der Waals surface area contributed by atoms with E-state index in [-0.39, 0.29) is 18.3 Å². The number of benzene rings is 3. The Morgan fingerprint density at radius 1 is 0.871 bits per heavy atom. The second-order valence-electron chi connectivity index (χ2n) is 6.55. The molecular weight excluding hydrogens is 482 g/mol. The number of carbonyl (C=O) groups is 2. The van der Waals surface area contributed by atoms with Crippen LogP contribution >= 0.6 is 28.1 Å². The molecular formula is C22H20BrN3O4S. The maximum atomic E-state index is 11.9. The Balaban J connectivity index is 1.36. The zero-order valence-corrected chi connectivity index (χ0v) is 19.0. The van der Waals surface area contributed by atoms with E-state index in [1.165, 1.54) is 0 Å². The lowest BCUT2D eigenvalue weighted by atomic mass is 10.1. The highest BCUT2D eigenvalue weighted by molar-refractivity contribution is 9.10. The van der Waals surface area contributed by atoms with Crippen molar-refractivity contribution in [3.8, 4) is 11.5 Å². The van der Waals surface area contributed by atoms with Gasteiger partial charge in [0.05, 0.1) is 0 Å². The number of fused-ring (bicyclic) bond motifs is 1. The summed E-state index contributed by atoms with van der Waals surface area (Å²) >= 11 is 8.39. The van der Waals surface area contributed by atoms with Crippen LogP contribution in [-0.2, 0) is 9.59 Å². The van der Waals surface area contributed by atoms with Crippen molar-refractivity contribution in [3.05, 3.63) is 70.7 Å². The molecule has 0 saturated carbocycles. The van der Waals surface area contributed by atoms with Crippen molar-refractivity contribution in [2.75, 3.05) is 13.2 Å². The summed E-state index contributed by atoms with van der Waals surface area (Å²) in [6.07, 6.45) is 0. The van der Waals surface area contributed by atoms with E-state index in [2.05, 4.69) is 32.1 Å². The Kier molecular flexibility index (Phi) is 7.80. The van der Waals surface area contributed by atoms with Crippen molar-refractivity contribution in [3.63, 3.8) is 0 Å². The smallest absolute Gasteiger partial charge is 0.276 e. The molecule has 0 aliphatic carbocycles. The van der Waals surface area contributed by atoms with E-state index in [4.69, 9.17) is 21.7 Å². The minimum atomic E-state index is -0.459. The minimum absolute atomic E-state index is 0.0559. The summed E-state index contributed by atoms with van der Waals surface area (Å²) in [5.74, 6) is 0.227. The van der Waals surface area contributed by atoms with Crippen LogP contribution in [0.2, 0.25) is 0 Å². The SMILES string of the molecule is Cc1cc(OCC(=O)NC(=S)NNC(=O)COc2ccc3ccccc3c2)ccc1Br. The molecule has 0 radical (unpaired) electrons. The monoisotopic (exact) mass is 501 g/mol. The molecule has 0 atom stereocenters. The van der Waals surface area contributed by atoms with E-state index in [1.807, 2.05) is 55.5 Å². The van der Waals surface area contributed by atoms with Crippen molar-refractivity contribution in [2.45, 2.75) is 6.92 Å². The molecule has 3 aromatic rings. The Bertz CT molecular complexity index is 1120. The minimum Gasteiger partial charge on any atom is -0.484 e. The second-order valence-corrected chi connectivity index (χ2v) is 7.81. The largest absolute Gasteiger partial charge is 0.484 e. The van der Waals surface area contributed by atoms with Crippen LogP contribution < -0.4 is 25.6 Å². The van der Waals surface area contributed by atoms with Crippen LogP contribution in [0.25, 0.3) is 10.8 Å². The highest BCUT2D eigenvalue weighted by atomic mass is 79.9. The summed E-state index contributed by atoms with van der Waals surface area (Å²) in [5.41, 5.74) is 5.81. The molecule has 0 heterocycles. The molecule has 0 unspecified atom stereocenters. The molecule has 160 valence electrons. The topological polar surface area (TPSA) is 88.7 Å². The van der Waals surface area contributed by atoms with Crippen molar-refractivity contribution in [1.82, 2.24) is 16.2 Å². The van der Waals surface area contributed by atoms with Gasteiger partial charge in [0.25, 0.3) is 11.8 Å². The van der Waals surface area contributed by atoms with Crippen LogP contribution in [0.1, 0.15) is 5.56 Å². The number of amides is 2. The van der Waals surface area contributed by atoms with Gasteiger partial charge in [-0.25, -0.2) is 0 Å². The normalized spacial score (nSPS) is 10.3. The van der Waals surface area contributed by atoms with Crippen molar-refractivity contribution >= 4 is 55.8 Å². The van der Waals surface area contributed by atoms with E-state index < -0.39 is 11.8 Å². The number of hydrazine groups is 1. The summed E-state index contributed by atoms with van der Waals surface area (Å²) < 4.78 is 11.9.